The SMILES string of the molecule is CCCCCCC/C=C\C/C=C\C/C=C\CCCCCCCCCCCCCCCCCCCCCCCCCCCCC(=O)OC(COC(=O)CCCCCCCCCCCCCCCCCCCCCCCCCCCCCCCCCCCC)COP(=O)(O)OCC[N+](C)(C)C. The van der Waals surface area contributed by atoms with E-state index in [1.807, 2.05) is 21.1 Å². The van der Waals surface area contributed by atoms with Gasteiger partial charge >= 0.3 is 19.8 Å². The number of carbonyl (C=O) groups excluding carboxylic acids is 2. The van der Waals surface area contributed by atoms with Crippen LogP contribution in [0.2, 0.25) is 0 Å². The molecule has 1 N–H and O–H groups in total. The molecule has 586 valence electrons. The average molecular weight is 1420 g/mol. The molecular formula is C89H173NO8P+. The topological polar surface area (TPSA) is 108 Å². The van der Waals surface area contributed by atoms with Crippen LogP contribution < -0.4 is 0 Å². The van der Waals surface area contributed by atoms with Crippen molar-refractivity contribution in [2.24, 2.45) is 0 Å². The molecule has 0 spiro atoms. The van der Waals surface area contributed by atoms with Crippen molar-refractivity contribution in [3.05, 3.63) is 36.5 Å². The maximum absolute atomic E-state index is 12.9. The van der Waals surface area contributed by atoms with Crippen molar-refractivity contribution in [3.8, 4) is 0 Å². The second-order valence-electron chi connectivity index (χ2n) is 31.6. The van der Waals surface area contributed by atoms with E-state index in [4.69, 9.17) is 18.5 Å². The molecule has 0 aromatic carbocycles. The van der Waals surface area contributed by atoms with E-state index in [0.717, 1.165) is 51.4 Å². The summed E-state index contributed by atoms with van der Waals surface area (Å²) in [5.41, 5.74) is 0. The Hall–Kier alpha value is -1.77. The van der Waals surface area contributed by atoms with Gasteiger partial charge in [-0.15, -0.1) is 0 Å². The lowest BCUT2D eigenvalue weighted by Gasteiger charge is -2.24. The molecule has 0 aromatic rings. The van der Waals surface area contributed by atoms with Crippen molar-refractivity contribution in [3.63, 3.8) is 0 Å². The summed E-state index contributed by atoms with van der Waals surface area (Å²) in [6.07, 6.45) is 106. The van der Waals surface area contributed by atoms with Gasteiger partial charge < -0.3 is 18.9 Å². The molecule has 0 amide bonds. The van der Waals surface area contributed by atoms with Crippen LogP contribution in [0.3, 0.4) is 0 Å². The highest BCUT2D eigenvalue weighted by molar-refractivity contribution is 7.47. The molecule has 2 atom stereocenters. The van der Waals surface area contributed by atoms with Crippen LogP contribution in [0.5, 0.6) is 0 Å². The van der Waals surface area contributed by atoms with Gasteiger partial charge in [-0.3, -0.25) is 18.6 Å². The van der Waals surface area contributed by atoms with Crippen molar-refractivity contribution < 1.29 is 42.1 Å². The van der Waals surface area contributed by atoms with Gasteiger partial charge in [0, 0.05) is 12.8 Å². The number of carbonyl (C=O) groups is 2. The van der Waals surface area contributed by atoms with Gasteiger partial charge in [-0.1, -0.05) is 442 Å². The molecule has 99 heavy (non-hydrogen) atoms. The minimum absolute atomic E-state index is 0.0361. The van der Waals surface area contributed by atoms with E-state index < -0.39 is 26.5 Å². The fourth-order valence-corrected chi connectivity index (χ4v) is 14.4. The quantitative estimate of drug-likeness (QED) is 0.0211. The van der Waals surface area contributed by atoms with Gasteiger partial charge in [0.1, 0.15) is 19.8 Å². The number of hydrogen-bond acceptors (Lipinski definition) is 7. The zero-order chi connectivity index (χ0) is 71.8. The summed E-state index contributed by atoms with van der Waals surface area (Å²) < 4.78 is 34.9. The predicted molar refractivity (Wildman–Crippen MR) is 432 cm³/mol. The Morgan fingerprint density at radius 1 is 0.313 bits per heavy atom. The Morgan fingerprint density at radius 2 is 0.545 bits per heavy atom. The molecule has 2 unspecified atom stereocenters. The number of phosphoric ester groups is 1. The average Bonchev–Trinajstić information content (AvgIpc) is 0.987. The lowest BCUT2D eigenvalue weighted by atomic mass is 10.0. The number of hydrogen-bond donors (Lipinski definition) is 1. The second kappa shape index (κ2) is 80.3. The summed E-state index contributed by atoms with van der Waals surface area (Å²) in [5.74, 6) is -0.767. The molecule has 0 aliphatic rings. The molecule has 0 aliphatic heterocycles. The molecule has 0 heterocycles. The number of esters is 2. The van der Waals surface area contributed by atoms with Gasteiger partial charge in [0.15, 0.2) is 6.10 Å². The Balaban J connectivity index is 3.84. The van der Waals surface area contributed by atoms with E-state index in [1.165, 1.54) is 392 Å². The third-order valence-electron chi connectivity index (χ3n) is 20.4. The summed E-state index contributed by atoms with van der Waals surface area (Å²) in [5, 5.41) is 0. The normalized spacial score (nSPS) is 13.1. The Bertz CT molecular complexity index is 1760. The van der Waals surface area contributed by atoms with Gasteiger partial charge in [0.05, 0.1) is 27.7 Å². The first-order valence-electron chi connectivity index (χ1n) is 44.2. The van der Waals surface area contributed by atoms with Crippen molar-refractivity contribution in [1.82, 2.24) is 0 Å². The van der Waals surface area contributed by atoms with E-state index >= 15 is 0 Å². The monoisotopic (exact) mass is 1420 g/mol. The van der Waals surface area contributed by atoms with Gasteiger partial charge in [0.25, 0.3) is 0 Å². The molecule has 0 aliphatic carbocycles. The zero-order valence-corrected chi connectivity index (χ0v) is 68.2. The first-order valence-corrected chi connectivity index (χ1v) is 45.7. The molecule has 9 nitrogen and oxygen atoms in total. The number of quaternary nitrogens is 1. The van der Waals surface area contributed by atoms with Crippen LogP contribution in [0.1, 0.15) is 470 Å². The lowest BCUT2D eigenvalue weighted by molar-refractivity contribution is -0.870. The van der Waals surface area contributed by atoms with Crippen LogP contribution >= 0.6 is 7.82 Å². The summed E-state index contributed by atoms with van der Waals surface area (Å²) in [4.78, 5) is 36.0. The molecule has 0 aromatic heterocycles. The zero-order valence-electron chi connectivity index (χ0n) is 67.3. The highest BCUT2D eigenvalue weighted by atomic mass is 31.2. The second-order valence-corrected chi connectivity index (χ2v) is 33.1. The fourth-order valence-electron chi connectivity index (χ4n) is 13.7. The molecule has 10 heteroatoms. The number of rotatable bonds is 84. The van der Waals surface area contributed by atoms with Crippen LogP contribution in [0.15, 0.2) is 36.5 Å². The first kappa shape index (κ1) is 97.2. The Morgan fingerprint density at radius 3 is 0.808 bits per heavy atom. The Labute approximate surface area is 618 Å². The minimum Gasteiger partial charge on any atom is -0.462 e. The van der Waals surface area contributed by atoms with Crippen LogP contribution in [-0.4, -0.2) is 74.9 Å². The minimum atomic E-state index is -4.39. The largest absolute Gasteiger partial charge is 0.472 e. The standard InChI is InChI=1S/C89H172NO8P/c1-6-8-10-12-14-16-18-20-22-24-26-28-30-32-34-36-38-40-42-43-44-45-46-47-48-50-52-54-56-58-60-62-64-66-68-70-72-74-76-78-80-82-89(92)98-87(86-97-99(93,94)96-84-83-90(3,4)5)85-95-88(91)81-79-77-75-73-71-69-67-65-63-61-59-57-55-53-51-49-41-39-37-35-33-31-29-27-25-23-21-19-17-15-13-11-9-7-2/h18,20,24,26,30,32,87H,6-17,19,21-23,25,27-29,31,33-86H2,1-5H3/p+1/b20-18-,26-24-,32-30-. The summed E-state index contributed by atoms with van der Waals surface area (Å²) in [6.45, 7) is 4.52. The van der Waals surface area contributed by atoms with Crippen molar-refractivity contribution in [1.29, 1.82) is 0 Å². The van der Waals surface area contributed by atoms with E-state index in [0.29, 0.717) is 17.4 Å². The highest BCUT2D eigenvalue weighted by Crippen LogP contribution is 2.43. The lowest BCUT2D eigenvalue weighted by Crippen LogP contribution is -2.37. The van der Waals surface area contributed by atoms with Gasteiger partial charge in [-0.2, -0.15) is 0 Å². The highest BCUT2D eigenvalue weighted by Gasteiger charge is 2.27. The summed E-state index contributed by atoms with van der Waals surface area (Å²) >= 11 is 0. The summed E-state index contributed by atoms with van der Waals surface area (Å²) in [6, 6.07) is 0. The predicted octanol–water partition coefficient (Wildman–Crippen LogP) is 29.7. The third-order valence-corrected chi connectivity index (χ3v) is 21.4. The number of nitrogens with zero attached hydrogens (tertiary/aromatic N) is 1. The van der Waals surface area contributed by atoms with Crippen LogP contribution in [0.25, 0.3) is 0 Å². The van der Waals surface area contributed by atoms with E-state index in [1.54, 1.807) is 0 Å². The maximum Gasteiger partial charge on any atom is 0.472 e. The molecule has 0 saturated heterocycles. The Kier molecular flexibility index (Phi) is 78.9. The molecular weight excluding hydrogens is 1240 g/mol. The number of unbranched alkanes of at least 4 members (excludes halogenated alkanes) is 64. The molecule has 0 fully saturated rings. The molecule has 0 rings (SSSR count). The van der Waals surface area contributed by atoms with E-state index in [2.05, 4.69) is 50.3 Å². The van der Waals surface area contributed by atoms with Crippen molar-refractivity contribution in [2.75, 3.05) is 47.5 Å². The number of allylic oxidation sites excluding steroid dienone is 6. The fraction of sp³-hybridized carbons (Fsp3) is 0.910. The van der Waals surface area contributed by atoms with Crippen molar-refractivity contribution in [2.45, 2.75) is 476 Å². The summed E-state index contributed by atoms with van der Waals surface area (Å²) in [7, 11) is 1.51. The molecule has 0 radical (unpaired) electrons. The van der Waals surface area contributed by atoms with Gasteiger partial charge in [-0.05, 0) is 51.4 Å². The van der Waals surface area contributed by atoms with E-state index in [-0.39, 0.29) is 25.6 Å². The maximum atomic E-state index is 12.9. The van der Waals surface area contributed by atoms with Crippen LogP contribution in [0, 0.1) is 0 Å². The van der Waals surface area contributed by atoms with E-state index in [9.17, 15) is 19.0 Å². The number of likely N-dealkylation sites (N-methyl/N-ethyl adjacent to an activating group) is 1. The smallest absolute Gasteiger partial charge is 0.462 e. The first-order chi connectivity index (χ1) is 48.5. The number of ether oxygens (including phenoxy) is 2. The van der Waals surface area contributed by atoms with Crippen molar-refractivity contribution >= 4 is 19.8 Å². The number of phosphoric acid groups is 1. The molecule has 0 bridgehead atoms. The van der Waals surface area contributed by atoms with Crippen LogP contribution in [0.4, 0.5) is 0 Å². The van der Waals surface area contributed by atoms with Gasteiger partial charge in [-0.25, -0.2) is 4.57 Å². The third kappa shape index (κ3) is 85.1. The van der Waals surface area contributed by atoms with Crippen LogP contribution in [-0.2, 0) is 32.7 Å². The molecule has 0 saturated carbocycles. The van der Waals surface area contributed by atoms with Gasteiger partial charge in [0.2, 0.25) is 0 Å².